The molecule has 6 nitrogen and oxygen atoms in total. The number of fused-ring (bicyclic) bond motifs is 1. The average Bonchev–Trinajstić information content (AvgIpc) is 3.08. The van der Waals surface area contributed by atoms with Crippen LogP contribution in [-0.2, 0) is 6.61 Å². The lowest BCUT2D eigenvalue weighted by Crippen LogP contribution is -2.25. The second-order valence-corrected chi connectivity index (χ2v) is 6.19. The standard InChI is InChI=1S/C20H24N4O2/c1-15-7-6-12-24-13-16(23-19(15)24)14-26-18-9-3-2-8-17(18)20(25)22-11-5-4-10-21/h2-3,6-9,12-13H,4-5,10-11,14,21H2,1H3,(H,22,25). The lowest BCUT2D eigenvalue weighted by atomic mass is 10.2. The van der Waals surface area contributed by atoms with Crippen LogP contribution in [0, 0.1) is 6.92 Å². The summed E-state index contributed by atoms with van der Waals surface area (Å²) in [5, 5.41) is 2.91. The molecule has 26 heavy (non-hydrogen) atoms. The first kappa shape index (κ1) is 17.9. The quantitative estimate of drug-likeness (QED) is 0.611. The van der Waals surface area contributed by atoms with Crippen LogP contribution in [0.25, 0.3) is 5.65 Å². The number of nitrogens with two attached hydrogens (primary N) is 1. The molecule has 0 saturated heterocycles. The van der Waals surface area contributed by atoms with Gasteiger partial charge >= 0.3 is 0 Å². The van der Waals surface area contributed by atoms with Crippen molar-refractivity contribution < 1.29 is 9.53 Å². The number of nitrogens with one attached hydrogen (secondary N) is 1. The zero-order chi connectivity index (χ0) is 18.4. The molecule has 0 spiro atoms. The van der Waals surface area contributed by atoms with Crippen LogP contribution < -0.4 is 15.8 Å². The van der Waals surface area contributed by atoms with Gasteiger partial charge in [-0.05, 0) is 50.1 Å². The topological polar surface area (TPSA) is 81.7 Å². The van der Waals surface area contributed by atoms with Crippen LogP contribution in [0.1, 0.15) is 34.5 Å². The number of aromatic nitrogens is 2. The maximum atomic E-state index is 12.4. The Morgan fingerprint density at radius 2 is 2.08 bits per heavy atom. The van der Waals surface area contributed by atoms with Crippen molar-refractivity contribution in [1.29, 1.82) is 0 Å². The van der Waals surface area contributed by atoms with Gasteiger partial charge in [-0.25, -0.2) is 4.98 Å². The van der Waals surface area contributed by atoms with E-state index in [1.807, 2.05) is 48.0 Å². The third-order valence-electron chi connectivity index (χ3n) is 4.15. The van der Waals surface area contributed by atoms with Crippen LogP contribution in [0.5, 0.6) is 5.75 Å². The number of aryl methyl sites for hydroxylation is 1. The van der Waals surface area contributed by atoms with Gasteiger partial charge in [0.2, 0.25) is 0 Å². The van der Waals surface area contributed by atoms with E-state index in [2.05, 4.69) is 10.3 Å². The molecule has 3 N–H and O–H groups in total. The average molecular weight is 352 g/mol. The van der Waals surface area contributed by atoms with E-state index in [0.29, 0.717) is 31.0 Å². The Labute approximate surface area is 153 Å². The number of benzene rings is 1. The summed E-state index contributed by atoms with van der Waals surface area (Å²) in [6.45, 7) is 3.57. The summed E-state index contributed by atoms with van der Waals surface area (Å²) in [6, 6.07) is 11.3. The molecule has 3 rings (SSSR count). The number of imidazole rings is 1. The molecule has 0 atom stereocenters. The van der Waals surface area contributed by atoms with Crippen molar-refractivity contribution in [3.8, 4) is 5.75 Å². The molecule has 0 radical (unpaired) electrons. The summed E-state index contributed by atoms with van der Waals surface area (Å²) in [5.41, 5.74) is 8.84. The molecule has 0 aliphatic carbocycles. The monoisotopic (exact) mass is 352 g/mol. The van der Waals surface area contributed by atoms with Gasteiger partial charge in [-0.1, -0.05) is 18.2 Å². The highest BCUT2D eigenvalue weighted by Crippen LogP contribution is 2.20. The van der Waals surface area contributed by atoms with E-state index < -0.39 is 0 Å². The van der Waals surface area contributed by atoms with Gasteiger partial charge in [-0.15, -0.1) is 0 Å². The zero-order valence-corrected chi connectivity index (χ0v) is 14.9. The van der Waals surface area contributed by atoms with Crippen LogP contribution >= 0.6 is 0 Å². The summed E-state index contributed by atoms with van der Waals surface area (Å²) >= 11 is 0. The molecule has 1 amide bonds. The van der Waals surface area contributed by atoms with Gasteiger partial charge in [0, 0.05) is 18.9 Å². The Balaban J connectivity index is 1.67. The van der Waals surface area contributed by atoms with Gasteiger partial charge < -0.3 is 20.2 Å². The Hall–Kier alpha value is -2.86. The summed E-state index contributed by atoms with van der Waals surface area (Å²) in [6.07, 6.45) is 5.66. The first-order valence-electron chi connectivity index (χ1n) is 8.82. The van der Waals surface area contributed by atoms with E-state index in [1.165, 1.54) is 0 Å². The molecule has 0 saturated carbocycles. The third kappa shape index (κ3) is 4.21. The van der Waals surface area contributed by atoms with Crippen molar-refractivity contribution in [2.45, 2.75) is 26.4 Å². The van der Waals surface area contributed by atoms with Crippen LogP contribution in [0.15, 0.2) is 48.8 Å². The number of amides is 1. The molecule has 0 fully saturated rings. The Morgan fingerprint density at radius 3 is 2.88 bits per heavy atom. The number of ether oxygens (including phenoxy) is 1. The van der Waals surface area contributed by atoms with Gasteiger partial charge in [0.15, 0.2) is 0 Å². The van der Waals surface area contributed by atoms with Crippen LogP contribution in [-0.4, -0.2) is 28.4 Å². The number of hydrogen-bond donors (Lipinski definition) is 2. The predicted molar refractivity (Wildman–Crippen MR) is 101 cm³/mol. The number of carbonyl (C=O) groups is 1. The van der Waals surface area contributed by atoms with Crippen LogP contribution in [0.3, 0.4) is 0 Å². The molecular formula is C20H24N4O2. The van der Waals surface area contributed by atoms with Crippen molar-refractivity contribution in [3.63, 3.8) is 0 Å². The molecule has 1 aromatic carbocycles. The van der Waals surface area contributed by atoms with Gasteiger partial charge in [-0.3, -0.25) is 4.79 Å². The molecule has 2 heterocycles. The fourth-order valence-electron chi connectivity index (χ4n) is 2.77. The van der Waals surface area contributed by atoms with Gasteiger partial charge in [0.25, 0.3) is 5.91 Å². The van der Waals surface area contributed by atoms with Crippen molar-refractivity contribution in [2.24, 2.45) is 5.73 Å². The smallest absolute Gasteiger partial charge is 0.255 e. The highest BCUT2D eigenvalue weighted by atomic mass is 16.5. The fraction of sp³-hybridized carbons (Fsp3) is 0.300. The van der Waals surface area contributed by atoms with Crippen LogP contribution in [0.4, 0.5) is 0 Å². The molecule has 6 heteroatoms. The predicted octanol–water partition coefficient (Wildman–Crippen LogP) is 2.69. The zero-order valence-electron chi connectivity index (χ0n) is 14.9. The fourth-order valence-corrected chi connectivity index (χ4v) is 2.77. The number of para-hydroxylation sites is 1. The molecule has 0 aliphatic heterocycles. The number of pyridine rings is 1. The van der Waals surface area contributed by atoms with Gasteiger partial charge in [-0.2, -0.15) is 0 Å². The molecule has 0 aliphatic rings. The third-order valence-corrected chi connectivity index (χ3v) is 4.15. The Kier molecular flexibility index (Phi) is 5.86. The lowest BCUT2D eigenvalue weighted by molar-refractivity contribution is 0.0948. The molecule has 0 unspecified atom stereocenters. The van der Waals surface area contributed by atoms with Crippen LogP contribution in [0.2, 0.25) is 0 Å². The number of rotatable bonds is 8. The number of unbranched alkanes of at least 4 members (excludes halogenated alkanes) is 1. The highest BCUT2D eigenvalue weighted by Gasteiger charge is 2.12. The normalized spacial score (nSPS) is 10.8. The van der Waals surface area contributed by atoms with Crippen molar-refractivity contribution in [2.75, 3.05) is 13.1 Å². The largest absolute Gasteiger partial charge is 0.486 e. The molecule has 3 aromatic rings. The van der Waals surface area contributed by atoms with E-state index in [0.717, 1.165) is 29.7 Å². The Bertz CT molecular complexity index is 888. The summed E-state index contributed by atoms with van der Waals surface area (Å²) < 4.78 is 7.86. The minimum Gasteiger partial charge on any atom is -0.486 e. The van der Waals surface area contributed by atoms with E-state index in [4.69, 9.17) is 10.5 Å². The highest BCUT2D eigenvalue weighted by molar-refractivity contribution is 5.96. The van der Waals surface area contributed by atoms with E-state index in [-0.39, 0.29) is 5.91 Å². The number of nitrogens with zero attached hydrogens (tertiary/aromatic N) is 2. The molecular weight excluding hydrogens is 328 g/mol. The van der Waals surface area contributed by atoms with E-state index in [1.54, 1.807) is 12.1 Å². The van der Waals surface area contributed by atoms with E-state index in [9.17, 15) is 4.79 Å². The summed E-state index contributed by atoms with van der Waals surface area (Å²) in [7, 11) is 0. The first-order valence-corrected chi connectivity index (χ1v) is 8.82. The molecule has 136 valence electrons. The minimum atomic E-state index is -0.136. The number of hydrogen-bond acceptors (Lipinski definition) is 4. The van der Waals surface area contributed by atoms with Gasteiger partial charge in [0.05, 0.1) is 11.3 Å². The maximum Gasteiger partial charge on any atom is 0.255 e. The number of carbonyl (C=O) groups excluding carboxylic acids is 1. The Morgan fingerprint density at radius 1 is 1.23 bits per heavy atom. The van der Waals surface area contributed by atoms with E-state index >= 15 is 0 Å². The summed E-state index contributed by atoms with van der Waals surface area (Å²) in [5.74, 6) is 0.418. The van der Waals surface area contributed by atoms with Crippen molar-refractivity contribution in [3.05, 3.63) is 65.6 Å². The lowest BCUT2D eigenvalue weighted by Gasteiger charge is -2.11. The molecule has 2 aromatic heterocycles. The van der Waals surface area contributed by atoms with Crippen molar-refractivity contribution in [1.82, 2.24) is 14.7 Å². The SMILES string of the molecule is Cc1cccn2cc(COc3ccccc3C(=O)NCCCCN)nc12. The summed E-state index contributed by atoms with van der Waals surface area (Å²) in [4.78, 5) is 17.0. The van der Waals surface area contributed by atoms with Gasteiger partial charge in [0.1, 0.15) is 18.0 Å². The second-order valence-electron chi connectivity index (χ2n) is 6.19. The maximum absolute atomic E-state index is 12.4. The second kappa shape index (κ2) is 8.49. The minimum absolute atomic E-state index is 0.136. The molecule has 0 bridgehead atoms. The van der Waals surface area contributed by atoms with Crippen molar-refractivity contribution >= 4 is 11.6 Å². The first-order chi connectivity index (χ1) is 12.7.